The number of hydrogen-bond donors (Lipinski definition) is 0. The number of thiazole rings is 1. The fourth-order valence-corrected chi connectivity index (χ4v) is 5.92. The number of hydrogen-bond acceptors (Lipinski definition) is 6. The monoisotopic (exact) mass is 555 g/mol. The molecular formula is C32H30FN3O3S. The molecule has 0 unspecified atom stereocenters. The van der Waals surface area contributed by atoms with Crippen LogP contribution in [0.1, 0.15) is 43.5 Å². The van der Waals surface area contributed by atoms with Crippen LogP contribution >= 0.6 is 11.3 Å². The molecule has 0 saturated heterocycles. The molecule has 1 aromatic heterocycles. The van der Waals surface area contributed by atoms with Crippen LogP contribution in [0, 0.1) is 5.82 Å². The molecule has 2 heterocycles. The Balaban J connectivity index is 1.73. The van der Waals surface area contributed by atoms with Crippen molar-refractivity contribution in [1.29, 1.82) is 0 Å². The van der Waals surface area contributed by atoms with E-state index in [2.05, 4.69) is 18.7 Å². The first-order valence-corrected chi connectivity index (χ1v) is 14.2. The highest BCUT2D eigenvalue weighted by molar-refractivity contribution is 7.07. The van der Waals surface area contributed by atoms with Gasteiger partial charge in [0.1, 0.15) is 5.82 Å². The van der Waals surface area contributed by atoms with Crippen LogP contribution in [0.5, 0.6) is 0 Å². The summed E-state index contributed by atoms with van der Waals surface area (Å²) < 4.78 is 21.4. The first-order chi connectivity index (χ1) is 19.4. The summed E-state index contributed by atoms with van der Waals surface area (Å²) in [5, 5.41) is 0. The van der Waals surface area contributed by atoms with Gasteiger partial charge in [-0.15, -0.1) is 0 Å². The fraction of sp³-hybridized carbons (Fsp3) is 0.219. The van der Waals surface area contributed by atoms with Gasteiger partial charge < -0.3 is 9.64 Å². The average Bonchev–Trinajstić information content (AvgIpc) is 3.29. The molecule has 1 aliphatic heterocycles. The Bertz CT molecular complexity index is 1720. The zero-order valence-corrected chi connectivity index (χ0v) is 23.5. The van der Waals surface area contributed by atoms with Crippen LogP contribution in [-0.4, -0.2) is 30.2 Å². The number of aromatic nitrogens is 1. The Morgan fingerprint density at radius 2 is 1.68 bits per heavy atom. The van der Waals surface area contributed by atoms with Crippen molar-refractivity contribution in [3.05, 3.63) is 127 Å². The Labute approximate surface area is 236 Å². The van der Waals surface area contributed by atoms with Crippen molar-refractivity contribution in [3.63, 3.8) is 0 Å². The van der Waals surface area contributed by atoms with Gasteiger partial charge in [-0.2, -0.15) is 0 Å². The van der Waals surface area contributed by atoms with E-state index < -0.39 is 17.8 Å². The number of fused-ring (bicyclic) bond motifs is 1. The molecule has 1 atom stereocenters. The number of esters is 1. The van der Waals surface area contributed by atoms with Crippen LogP contribution in [0.4, 0.5) is 10.1 Å². The van der Waals surface area contributed by atoms with Crippen molar-refractivity contribution in [1.82, 2.24) is 4.57 Å². The van der Waals surface area contributed by atoms with Gasteiger partial charge in [0.05, 0.1) is 28.5 Å². The van der Waals surface area contributed by atoms with E-state index in [0.717, 1.165) is 29.9 Å². The van der Waals surface area contributed by atoms with Crippen LogP contribution in [0.15, 0.2) is 94.2 Å². The normalized spacial score (nSPS) is 15.0. The first kappa shape index (κ1) is 27.3. The Hall–Kier alpha value is -4.30. The molecule has 0 N–H and O–H groups in total. The van der Waals surface area contributed by atoms with Gasteiger partial charge in [-0.05, 0) is 62.2 Å². The summed E-state index contributed by atoms with van der Waals surface area (Å²) in [6.45, 7) is 7.94. The summed E-state index contributed by atoms with van der Waals surface area (Å²) in [5.74, 6) is -0.977. The molecule has 0 bridgehead atoms. The van der Waals surface area contributed by atoms with Crippen molar-refractivity contribution in [3.8, 4) is 0 Å². The summed E-state index contributed by atoms with van der Waals surface area (Å²) in [7, 11) is 0. The van der Waals surface area contributed by atoms with Crippen molar-refractivity contribution >= 4 is 34.8 Å². The van der Waals surface area contributed by atoms with Crippen molar-refractivity contribution in [2.45, 2.75) is 26.8 Å². The van der Waals surface area contributed by atoms with E-state index in [1.807, 2.05) is 60.7 Å². The standard InChI is InChI=1S/C32H30FN3O3S/c1-4-35(5-2)25-18-12-21(13-19-25)20-26-30(37)36-29(23-14-16-24(33)17-15-23)27(31(38)39-6-3)28(34-32(36)40-26)22-10-8-7-9-11-22/h7-20,29H,4-6H2,1-3H3/b26-20-/t29-/m0/s1. The number of anilines is 1. The van der Waals surface area contributed by atoms with E-state index in [1.54, 1.807) is 19.1 Å². The number of nitrogens with zero attached hydrogens (tertiary/aromatic N) is 3. The molecule has 1 aliphatic rings. The predicted octanol–water partition coefficient (Wildman–Crippen LogP) is 4.92. The van der Waals surface area contributed by atoms with Crippen molar-refractivity contribution < 1.29 is 13.9 Å². The van der Waals surface area contributed by atoms with Crippen LogP contribution < -0.4 is 19.8 Å². The summed E-state index contributed by atoms with van der Waals surface area (Å²) >= 11 is 1.26. The second-order valence-electron chi connectivity index (χ2n) is 9.25. The molecule has 0 fully saturated rings. The van der Waals surface area contributed by atoms with Gasteiger partial charge in [-0.1, -0.05) is 65.9 Å². The SMILES string of the molecule is CCOC(=O)C1=C(c2ccccc2)N=c2s/c(=C\c3ccc(N(CC)CC)cc3)c(=O)n2[C@H]1c1ccc(F)cc1. The highest BCUT2D eigenvalue weighted by atomic mass is 32.1. The molecule has 4 aromatic rings. The molecule has 8 heteroatoms. The molecule has 5 rings (SSSR count). The van der Waals surface area contributed by atoms with Gasteiger partial charge in [0, 0.05) is 24.3 Å². The smallest absolute Gasteiger partial charge is 0.338 e. The molecule has 0 saturated carbocycles. The lowest BCUT2D eigenvalue weighted by molar-refractivity contribution is -0.138. The third kappa shape index (κ3) is 5.27. The molecule has 0 amide bonds. The van der Waals surface area contributed by atoms with Gasteiger partial charge in [0.2, 0.25) is 0 Å². The van der Waals surface area contributed by atoms with Crippen LogP contribution in [0.3, 0.4) is 0 Å². The van der Waals surface area contributed by atoms with Gasteiger partial charge in [0.15, 0.2) is 4.80 Å². The molecule has 6 nitrogen and oxygen atoms in total. The highest BCUT2D eigenvalue weighted by Gasteiger charge is 2.35. The molecule has 3 aromatic carbocycles. The molecule has 40 heavy (non-hydrogen) atoms. The Morgan fingerprint density at radius 1 is 1.00 bits per heavy atom. The third-order valence-electron chi connectivity index (χ3n) is 6.88. The first-order valence-electron chi connectivity index (χ1n) is 13.3. The zero-order valence-electron chi connectivity index (χ0n) is 22.6. The Morgan fingerprint density at radius 3 is 2.30 bits per heavy atom. The number of ether oxygens (including phenoxy) is 1. The van der Waals surface area contributed by atoms with E-state index in [0.29, 0.717) is 20.6 Å². The second-order valence-corrected chi connectivity index (χ2v) is 10.3. The number of carbonyl (C=O) groups excluding carboxylic acids is 1. The molecule has 0 aliphatic carbocycles. The van der Waals surface area contributed by atoms with Gasteiger partial charge >= 0.3 is 5.97 Å². The largest absolute Gasteiger partial charge is 0.463 e. The highest BCUT2D eigenvalue weighted by Crippen LogP contribution is 2.35. The Kier molecular flexibility index (Phi) is 8.07. The maximum atomic E-state index is 13.9. The lowest BCUT2D eigenvalue weighted by Gasteiger charge is -2.25. The predicted molar refractivity (Wildman–Crippen MR) is 157 cm³/mol. The number of halogens is 1. The van der Waals surface area contributed by atoms with E-state index >= 15 is 0 Å². The molecule has 0 spiro atoms. The topological polar surface area (TPSA) is 63.9 Å². The second kappa shape index (κ2) is 11.8. The minimum absolute atomic E-state index is 0.161. The number of benzene rings is 3. The lowest BCUT2D eigenvalue weighted by Crippen LogP contribution is -2.40. The summed E-state index contributed by atoms with van der Waals surface area (Å²) in [5.41, 5.74) is 3.71. The van der Waals surface area contributed by atoms with Crippen LogP contribution in [0.2, 0.25) is 0 Å². The summed E-state index contributed by atoms with van der Waals surface area (Å²) in [6, 6.07) is 22.4. The van der Waals surface area contributed by atoms with Gasteiger partial charge in [0.25, 0.3) is 5.56 Å². The minimum Gasteiger partial charge on any atom is -0.463 e. The maximum Gasteiger partial charge on any atom is 0.338 e. The fourth-order valence-electron chi connectivity index (χ4n) is 4.92. The minimum atomic E-state index is -0.835. The zero-order chi connectivity index (χ0) is 28.2. The molecule has 204 valence electrons. The quantitative estimate of drug-likeness (QED) is 0.290. The van der Waals surface area contributed by atoms with E-state index in [4.69, 9.17) is 9.73 Å². The van der Waals surface area contributed by atoms with Gasteiger partial charge in [-0.25, -0.2) is 14.2 Å². The summed E-state index contributed by atoms with van der Waals surface area (Å²) in [6.07, 6.45) is 1.84. The van der Waals surface area contributed by atoms with Crippen molar-refractivity contribution in [2.24, 2.45) is 4.99 Å². The van der Waals surface area contributed by atoms with Gasteiger partial charge in [-0.3, -0.25) is 9.36 Å². The van der Waals surface area contributed by atoms with Crippen molar-refractivity contribution in [2.75, 3.05) is 24.6 Å². The van der Waals surface area contributed by atoms with Crippen LogP contribution in [0.25, 0.3) is 11.8 Å². The van der Waals surface area contributed by atoms with E-state index in [1.165, 1.54) is 28.0 Å². The molecule has 0 radical (unpaired) electrons. The third-order valence-corrected chi connectivity index (χ3v) is 7.86. The maximum absolute atomic E-state index is 13.9. The number of rotatable bonds is 8. The van der Waals surface area contributed by atoms with Crippen LogP contribution in [-0.2, 0) is 9.53 Å². The lowest BCUT2D eigenvalue weighted by atomic mass is 9.93. The molecular weight excluding hydrogens is 525 g/mol. The average molecular weight is 556 g/mol. The van der Waals surface area contributed by atoms with E-state index in [-0.39, 0.29) is 17.7 Å². The summed E-state index contributed by atoms with van der Waals surface area (Å²) in [4.78, 5) is 34.9. The number of carbonyl (C=O) groups is 1. The van der Waals surface area contributed by atoms with E-state index in [9.17, 15) is 14.0 Å².